The molecule has 1 aliphatic heterocycles. The third-order valence-corrected chi connectivity index (χ3v) is 8.48. The molecular weight excluding hydrogens is 443 g/mol. The Balaban J connectivity index is 1.36. The number of nitrogens with zero attached hydrogens (tertiary/aromatic N) is 1. The van der Waals surface area contributed by atoms with Crippen LogP contribution in [0, 0.1) is 16.7 Å². The van der Waals surface area contributed by atoms with Crippen LogP contribution in [0.15, 0.2) is 28.7 Å². The third-order valence-electron chi connectivity index (χ3n) is 8.48. The van der Waals surface area contributed by atoms with E-state index in [9.17, 15) is 14.9 Å². The first-order valence-corrected chi connectivity index (χ1v) is 12.6. The molecule has 3 fully saturated rings. The van der Waals surface area contributed by atoms with Crippen molar-refractivity contribution in [2.24, 2.45) is 5.41 Å². The molecule has 1 aromatic carbocycles. The van der Waals surface area contributed by atoms with Crippen LogP contribution in [0.5, 0.6) is 0 Å². The number of rotatable bonds is 6. The number of Topliss-reactive ketones (excluding diaryl/α,β-unsaturated/α-hetero) is 1. The Bertz CT molecular complexity index is 1200. The molecule has 0 radical (unpaired) electrons. The van der Waals surface area contributed by atoms with E-state index in [0.717, 1.165) is 43.0 Å². The number of nitriles is 1. The van der Waals surface area contributed by atoms with E-state index in [1.165, 1.54) is 0 Å². The SMILES string of the molecule is CC1(C)OB(c2ccc3cc(C(=O)NC4(C(=O)CC5(C#N)CC5)CCCCC4)oc3c2)OC1(C)C. The maximum atomic E-state index is 13.3. The van der Waals surface area contributed by atoms with Gasteiger partial charge in [0.1, 0.15) is 5.58 Å². The van der Waals surface area contributed by atoms with Gasteiger partial charge in [-0.1, -0.05) is 31.4 Å². The van der Waals surface area contributed by atoms with Crippen LogP contribution in [0.1, 0.15) is 89.6 Å². The molecule has 1 aromatic heterocycles. The second-order valence-corrected chi connectivity index (χ2v) is 11.6. The number of fused-ring (bicyclic) bond motifs is 1. The highest BCUT2D eigenvalue weighted by atomic mass is 16.7. The van der Waals surface area contributed by atoms with E-state index in [4.69, 9.17) is 13.7 Å². The lowest BCUT2D eigenvalue weighted by molar-refractivity contribution is -0.127. The fraction of sp³-hybridized carbons (Fsp3) is 0.593. The van der Waals surface area contributed by atoms with Crippen molar-refractivity contribution in [3.63, 3.8) is 0 Å². The largest absolute Gasteiger partial charge is 0.494 e. The van der Waals surface area contributed by atoms with E-state index >= 15 is 0 Å². The van der Waals surface area contributed by atoms with Crippen molar-refractivity contribution < 1.29 is 23.3 Å². The number of benzene rings is 1. The highest BCUT2D eigenvalue weighted by Gasteiger charge is 2.52. The minimum absolute atomic E-state index is 0.0243. The quantitative estimate of drug-likeness (QED) is 0.619. The number of carbonyl (C=O) groups excluding carboxylic acids is 2. The van der Waals surface area contributed by atoms with E-state index < -0.39 is 35.2 Å². The zero-order valence-electron chi connectivity index (χ0n) is 21.0. The second-order valence-electron chi connectivity index (χ2n) is 11.6. The average molecular weight is 476 g/mol. The van der Waals surface area contributed by atoms with Gasteiger partial charge in [0.25, 0.3) is 5.91 Å². The van der Waals surface area contributed by atoms with Gasteiger partial charge in [0.15, 0.2) is 11.5 Å². The summed E-state index contributed by atoms with van der Waals surface area (Å²) in [6, 6.07) is 9.67. The number of carbonyl (C=O) groups is 2. The number of amides is 1. The summed E-state index contributed by atoms with van der Waals surface area (Å²) >= 11 is 0. The van der Waals surface area contributed by atoms with E-state index in [0.29, 0.717) is 18.4 Å². The zero-order valence-corrected chi connectivity index (χ0v) is 21.0. The molecule has 2 heterocycles. The smallest absolute Gasteiger partial charge is 0.451 e. The summed E-state index contributed by atoms with van der Waals surface area (Å²) in [5.74, 6) is -0.246. The Hall–Kier alpha value is -2.63. The molecule has 5 rings (SSSR count). The first kappa shape index (κ1) is 24.1. The van der Waals surface area contributed by atoms with Crippen LogP contribution in [0.25, 0.3) is 11.0 Å². The van der Waals surface area contributed by atoms with Crippen molar-refractivity contribution in [2.75, 3.05) is 0 Å². The van der Waals surface area contributed by atoms with E-state index in [-0.39, 0.29) is 18.0 Å². The van der Waals surface area contributed by atoms with Crippen molar-refractivity contribution in [1.29, 1.82) is 5.26 Å². The van der Waals surface area contributed by atoms with Crippen LogP contribution < -0.4 is 10.8 Å². The van der Waals surface area contributed by atoms with Gasteiger partial charge < -0.3 is 19.0 Å². The van der Waals surface area contributed by atoms with Gasteiger partial charge in [-0.3, -0.25) is 9.59 Å². The second kappa shape index (κ2) is 8.21. The first-order chi connectivity index (χ1) is 16.5. The van der Waals surface area contributed by atoms with Crippen LogP contribution in [-0.2, 0) is 14.1 Å². The van der Waals surface area contributed by atoms with Crippen molar-refractivity contribution in [3.05, 3.63) is 30.0 Å². The number of ketones is 1. The van der Waals surface area contributed by atoms with Crippen LogP contribution >= 0.6 is 0 Å². The van der Waals surface area contributed by atoms with Crippen LogP contribution in [0.2, 0.25) is 0 Å². The number of hydrogen-bond donors (Lipinski definition) is 1. The molecule has 0 bridgehead atoms. The third kappa shape index (κ3) is 4.30. The fourth-order valence-electron chi connectivity index (χ4n) is 5.15. The normalized spacial score (nSPS) is 23.6. The Morgan fingerprint density at radius 2 is 1.66 bits per heavy atom. The Morgan fingerprint density at radius 3 is 2.26 bits per heavy atom. The van der Waals surface area contributed by atoms with Crippen molar-refractivity contribution >= 4 is 35.2 Å². The molecule has 1 N–H and O–H groups in total. The highest BCUT2D eigenvalue weighted by Crippen LogP contribution is 2.49. The molecule has 3 aliphatic rings. The molecule has 2 aliphatic carbocycles. The zero-order chi connectivity index (χ0) is 25.1. The van der Waals surface area contributed by atoms with Gasteiger partial charge >= 0.3 is 7.12 Å². The van der Waals surface area contributed by atoms with Gasteiger partial charge in [0.05, 0.1) is 28.2 Å². The molecule has 0 spiro atoms. The summed E-state index contributed by atoms with van der Waals surface area (Å²) in [6.07, 6.45) is 5.73. The summed E-state index contributed by atoms with van der Waals surface area (Å²) in [5, 5.41) is 13.3. The van der Waals surface area contributed by atoms with Crippen molar-refractivity contribution in [1.82, 2.24) is 5.32 Å². The minimum atomic E-state index is -0.922. The topological polar surface area (TPSA) is 102 Å². The molecular formula is C27H33BN2O5. The van der Waals surface area contributed by atoms with Crippen LogP contribution in [0.4, 0.5) is 0 Å². The summed E-state index contributed by atoms with van der Waals surface area (Å²) in [6.45, 7) is 8.02. The maximum absolute atomic E-state index is 13.3. The Morgan fingerprint density at radius 1 is 1.00 bits per heavy atom. The highest BCUT2D eigenvalue weighted by molar-refractivity contribution is 6.62. The summed E-state index contributed by atoms with van der Waals surface area (Å²) in [7, 11) is -0.523. The van der Waals surface area contributed by atoms with Crippen LogP contribution in [-0.4, -0.2) is 35.5 Å². The molecule has 1 saturated heterocycles. The molecule has 8 heteroatoms. The van der Waals surface area contributed by atoms with Crippen molar-refractivity contribution in [2.45, 2.75) is 95.8 Å². The molecule has 2 aromatic rings. The predicted molar refractivity (Wildman–Crippen MR) is 132 cm³/mol. The average Bonchev–Trinajstić information content (AvgIpc) is 3.38. The summed E-state index contributed by atoms with van der Waals surface area (Å²) in [5.41, 5.74) is -0.974. The lowest BCUT2D eigenvalue weighted by Crippen LogP contribution is -2.56. The molecule has 0 unspecified atom stereocenters. The molecule has 35 heavy (non-hydrogen) atoms. The molecule has 1 amide bonds. The Kier molecular flexibility index (Phi) is 5.65. The Labute approximate surface area is 206 Å². The maximum Gasteiger partial charge on any atom is 0.494 e. The van der Waals surface area contributed by atoms with Gasteiger partial charge in [-0.15, -0.1) is 0 Å². The predicted octanol–water partition coefficient (Wildman–Crippen LogP) is 4.43. The standard InChI is InChI=1S/C27H33BN2O5/c1-24(2)25(3,4)35-28(34-24)19-9-8-18-14-21(33-20(18)15-19)23(32)30-27(10-6-5-7-11-27)22(31)16-26(17-29)12-13-26/h8-9,14-15H,5-7,10-13,16H2,1-4H3,(H,30,32). The number of furan rings is 1. The van der Waals surface area contributed by atoms with Gasteiger partial charge in [0.2, 0.25) is 0 Å². The van der Waals surface area contributed by atoms with E-state index in [2.05, 4.69) is 11.4 Å². The molecule has 7 nitrogen and oxygen atoms in total. The summed E-state index contributed by atoms with van der Waals surface area (Å²) < 4.78 is 18.2. The van der Waals surface area contributed by atoms with Gasteiger partial charge in [-0.2, -0.15) is 5.26 Å². The molecule has 0 atom stereocenters. The first-order valence-electron chi connectivity index (χ1n) is 12.6. The van der Waals surface area contributed by atoms with Crippen molar-refractivity contribution in [3.8, 4) is 6.07 Å². The lowest BCUT2D eigenvalue weighted by atomic mass is 9.75. The van der Waals surface area contributed by atoms with Gasteiger partial charge in [-0.05, 0) is 71.0 Å². The van der Waals surface area contributed by atoms with E-state index in [1.807, 2.05) is 45.9 Å². The monoisotopic (exact) mass is 476 g/mol. The molecule has 184 valence electrons. The lowest BCUT2D eigenvalue weighted by Gasteiger charge is -2.37. The van der Waals surface area contributed by atoms with Gasteiger partial charge in [0, 0.05) is 11.8 Å². The molecule has 2 saturated carbocycles. The summed E-state index contributed by atoms with van der Waals surface area (Å²) in [4.78, 5) is 26.6. The number of nitrogens with one attached hydrogen (secondary N) is 1. The van der Waals surface area contributed by atoms with Crippen LogP contribution in [0.3, 0.4) is 0 Å². The fourth-order valence-corrected chi connectivity index (χ4v) is 5.15. The number of hydrogen-bond acceptors (Lipinski definition) is 6. The van der Waals surface area contributed by atoms with Gasteiger partial charge in [-0.25, -0.2) is 0 Å². The minimum Gasteiger partial charge on any atom is -0.451 e. The van der Waals surface area contributed by atoms with E-state index in [1.54, 1.807) is 6.07 Å².